The van der Waals surface area contributed by atoms with Gasteiger partial charge in [-0.25, -0.2) is 0 Å². The first-order valence-corrected chi connectivity index (χ1v) is 7.34. The van der Waals surface area contributed by atoms with Crippen molar-refractivity contribution >= 4 is 10.8 Å². The Morgan fingerprint density at radius 2 is 2.00 bits per heavy atom. The molecule has 1 rings (SSSR count). The van der Waals surface area contributed by atoms with Crippen LogP contribution >= 0.6 is 0 Å². The minimum atomic E-state index is -0.710. The molecule has 1 aliphatic carbocycles. The Morgan fingerprint density at radius 3 is 2.47 bits per heavy atom. The SMILES string of the molecule is COC1CCC(NCC(C)S(C)=O)CC1. The molecule has 2 unspecified atom stereocenters. The van der Waals surface area contributed by atoms with E-state index in [1.807, 2.05) is 6.92 Å². The van der Waals surface area contributed by atoms with Gasteiger partial charge in [0, 0.05) is 42.0 Å². The zero-order chi connectivity index (χ0) is 11.3. The van der Waals surface area contributed by atoms with Crippen molar-refractivity contribution in [1.29, 1.82) is 0 Å². The Hall–Kier alpha value is 0.0700. The molecule has 0 saturated heterocycles. The quantitative estimate of drug-likeness (QED) is 0.778. The Bertz CT molecular complexity index is 203. The van der Waals surface area contributed by atoms with Gasteiger partial charge in [0.1, 0.15) is 0 Å². The fourth-order valence-electron chi connectivity index (χ4n) is 1.95. The van der Waals surface area contributed by atoms with E-state index in [1.165, 1.54) is 12.8 Å². The van der Waals surface area contributed by atoms with Crippen LogP contribution < -0.4 is 5.32 Å². The molecule has 2 atom stereocenters. The number of rotatable bonds is 5. The van der Waals surface area contributed by atoms with E-state index in [0.29, 0.717) is 12.1 Å². The van der Waals surface area contributed by atoms with E-state index in [2.05, 4.69) is 5.32 Å². The number of ether oxygens (including phenoxy) is 1. The normalized spacial score (nSPS) is 31.1. The number of hydrogen-bond acceptors (Lipinski definition) is 3. The molecule has 90 valence electrons. The van der Waals surface area contributed by atoms with Crippen molar-refractivity contribution in [2.45, 2.75) is 50.0 Å². The van der Waals surface area contributed by atoms with Gasteiger partial charge in [0.15, 0.2) is 0 Å². The summed E-state index contributed by atoms with van der Waals surface area (Å²) in [4.78, 5) is 0. The highest BCUT2D eigenvalue weighted by Crippen LogP contribution is 2.20. The summed E-state index contributed by atoms with van der Waals surface area (Å²) in [5.74, 6) is 0. The molecule has 0 radical (unpaired) electrons. The Morgan fingerprint density at radius 1 is 1.40 bits per heavy atom. The Labute approximate surface area is 95.4 Å². The van der Waals surface area contributed by atoms with Crippen molar-refractivity contribution in [2.75, 3.05) is 19.9 Å². The van der Waals surface area contributed by atoms with Gasteiger partial charge in [-0.1, -0.05) is 0 Å². The van der Waals surface area contributed by atoms with Gasteiger partial charge in [0.25, 0.3) is 0 Å². The average molecular weight is 233 g/mol. The van der Waals surface area contributed by atoms with Crippen LogP contribution in [-0.2, 0) is 15.5 Å². The summed E-state index contributed by atoms with van der Waals surface area (Å²) >= 11 is 0. The third-order valence-electron chi connectivity index (χ3n) is 3.27. The topological polar surface area (TPSA) is 38.3 Å². The lowest BCUT2D eigenvalue weighted by atomic mass is 9.93. The lowest BCUT2D eigenvalue weighted by Crippen LogP contribution is -2.39. The van der Waals surface area contributed by atoms with Crippen molar-refractivity contribution in [2.24, 2.45) is 0 Å². The highest BCUT2D eigenvalue weighted by atomic mass is 32.2. The van der Waals surface area contributed by atoms with Gasteiger partial charge in [-0.3, -0.25) is 4.21 Å². The number of hydrogen-bond donors (Lipinski definition) is 1. The highest BCUT2D eigenvalue weighted by Gasteiger charge is 2.20. The van der Waals surface area contributed by atoms with Crippen LogP contribution in [0.4, 0.5) is 0 Å². The van der Waals surface area contributed by atoms with Crippen LogP contribution in [0, 0.1) is 0 Å². The van der Waals surface area contributed by atoms with Crippen molar-refractivity contribution in [1.82, 2.24) is 5.32 Å². The molecule has 1 N–H and O–H groups in total. The van der Waals surface area contributed by atoms with Crippen molar-refractivity contribution < 1.29 is 8.95 Å². The summed E-state index contributed by atoms with van der Waals surface area (Å²) in [7, 11) is 1.08. The van der Waals surface area contributed by atoms with E-state index < -0.39 is 10.8 Å². The van der Waals surface area contributed by atoms with Crippen LogP contribution in [0.25, 0.3) is 0 Å². The first-order chi connectivity index (χ1) is 7.13. The molecule has 0 spiro atoms. The number of nitrogens with one attached hydrogen (secondary N) is 1. The van der Waals surface area contributed by atoms with Gasteiger partial charge in [-0.15, -0.1) is 0 Å². The monoisotopic (exact) mass is 233 g/mol. The van der Waals surface area contributed by atoms with Crippen LogP contribution in [0.5, 0.6) is 0 Å². The third-order valence-corrected chi connectivity index (χ3v) is 4.57. The summed E-state index contributed by atoms with van der Waals surface area (Å²) in [5.41, 5.74) is 0. The van der Waals surface area contributed by atoms with Crippen LogP contribution in [0.2, 0.25) is 0 Å². The van der Waals surface area contributed by atoms with Crippen molar-refractivity contribution in [3.8, 4) is 0 Å². The minimum absolute atomic E-state index is 0.255. The maximum atomic E-state index is 11.2. The molecule has 15 heavy (non-hydrogen) atoms. The Balaban J connectivity index is 2.16. The van der Waals surface area contributed by atoms with Gasteiger partial charge < -0.3 is 10.1 Å². The maximum absolute atomic E-state index is 11.2. The van der Waals surface area contributed by atoms with Crippen LogP contribution in [-0.4, -0.2) is 41.5 Å². The van der Waals surface area contributed by atoms with Gasteiger partial charge in [-0.05, 0) is 32.6 Å². The maximum Gasteiger partial charge on any atom is 0.0572 e. The molecule has 1 saturated carbocycles. The van der Waals surface area contributed by atoms with Gasteiger partial charge >= 0.3 is 0 Å². The fraction of sp³-hybridized carbons (Fsp3) is 1.00. The lowest BCUT2D eigenvalue weighted by Gasteiger charge is -2.28. The summed E-state index contributed by atoms with van der Waals surface area (Å²) in [6.07, 6.45) is 6.90. The van der Waals surface area contributed by atoms with E-state index in [4.69, 9.17) is 4.74 Å². The lowest BCUT2D eigenvalue weighted by molar-refractivity contribution is 0.0626. The molecular formula is C11H23NO2S. The first-order valence-electron chi connectivity index (χ1n) is 5.72. The summed E-state index contributed by atoms with van der Waals surface area (Å²) in [6.45, 7) is 2.90. The van der Waals surface area contributed by atoms with E-state index in [-0.39, 0.29) is 5.25 Å². The zero-order valence-electron chi connectivity index (χ0n) is 9.99. The number of methoxy groups -OCH3 is 1. The standard InChI is InChI=1S/C11H23NO2S/c1-9(15(3)13)8-12-10-4-6-11(14-2)7-5-10/h9-12H,4-8H2,1-3H3. The van der Waals surface area contributed by atoms with E-state index in [9.17, 15) is 4.21 Å². The second kappa shape index (κ2) is 6.61. The van der Waals surface area contributed by atoms with Crippen LogP contribution in [0.1, 0.15) is 32.6 Å². The first kappa shape index (κ1) is 13.1. The second-order valence-corrected chi connectivity index (χ2v) is 6.23. The van der Waals surface area contributed by atoms with Gasteiger partial charge in [-0.2, -0.15) is 0 Å². The molecule has 0 bridgehead atoms. The summed E-state index contributed by atoms with van der Waals surface area (Å²) < 4.78 is 16.5. The molecule has 3 nitrogen and oxygen atoms in total. The van der Waals surface area contributed by atoms with Crippen LogP contribution in [0.15, 0.2) is 0 Å². The molecule has 0 aromatic rings. The Kier molecular flexibility index (Phi) is 5.79. The largest absolute Gasteiger partial charge is 0.381 e. The molecule has 0 aromatic carbocycles. The third kappa shape index (κ3) is 4.62. The van der Waals surface area contributed by atoms with E-state index in [1.54, 1.807) is 13.4 Å². The smallest absolute Gasteiger partial charge is 0.0572 e. The zero-order valence-corrected chi connectivity index (χ0v) is 10.8. The second-order valence-electron chi connectivity index (χ2n) is 4.43. The average Bonchev–Trinajstić information content (AvgIpc) is 2.26. The highest BCUT2D eigenvalue weighted by molar-refractivity contribution is 7.84. The van der Waals surface area contributed by atoms with Crippen molar-refractivity contribution in [3.05, 3.63) is 0 Å². The molecule has 1 fully saturated rings. The molecule has 0 aliphatic heterocycles. The molecule has 0 aromatic heterocycles. The summed E-state index contributed by atoms with van der Waals surface area (Å²) in [6, 6.07) is 0.599. The van der Waals surface area contributed by atoms with E-state index >= 15 is 0 Å². The molecular weight excluding hydrogens is 210 g/mol. The van der Waals surface area contributed by atoms with Crippen LogP contribution in [0.3, 0.4) is 0 Å². The molecule has 1 aliphatic rings. The van der Waals surface area contributed by atoms with Gasteiger partial charge in [0.05, 0.1) is 6.10 Å². The predicted octanol–water partition coefficient (Wildman–Crippen LogP) is 1.30. The summed E-state index contributed by atoms with van der Waals surface area (Å²) in [5, 5.41) is 3.75. The van der Waals surface area contributed by atoms with E-state index in [0.717, 1.165) is 19.4 Å². The van der Waals surface area contributed by atoms with Crippen molar-refractivity contribution in [3.63, 3.8) is 0 Å². The molecule has 0 amide bonds. The molecule has 4 heteroatoms. The fourth-order valence-corrected chi connectivity index (χ4v) is 2.28. The van der Waals surface area contributed by atoms with Gasteiger partial charge in [0.2, 0.25) is 0 Å². The molecule has 0 heterocycles. The minimum Gasteiger partial charge on any atom is -0.381 e. The predicted molar refractivity (Wildman–Crippen MR) is 64.6 cm³/mol.